The fourth-order valence-corrected chi connectivity index (χ4v) is 4.47. The first kappa shape index (κ1) is 25.7. The van der Waals surface area contributed by atoms with Crippen LogP contribution in [0.4, 0.5) is 34.1 Å². The van der Waals surface area contributed by atoms with Crippen molar-refractivity contribution in [1.29, 1.82) is 0 Å². The number of alkyl halides is 4. The number of hydrogen-bond acceptors (Lipinski definition) is 9. The number of ether oxygens (including phenoxy) is 1. The summed E-state index contributed by atoms with van der Waals surface area (Å²) in [6.45, 7) is 5.28. The second-order valence-corrected chi connectivity index (χ2v) is 8.93. The van der Waals surface area contributed by atoms with Crippen LogP contribution in [0.2, 0.25) is 0 Å². The van der Waals surface area contributed by atoms with Gasteiger partial charge in [0.2, 0.25) is 5.88 Å². The number of amides is 1. The molecule has 1 amide bonds. The SMILES string of the molecule is CCCN1C[C@@H](F)[C@H](Oc2ccc(NC(=O)c3c(C)nsc3Nc3cnc(C(F)(F)F)cn3)cn2)C1. The lowest BCUT2D eigenvalue weighted by atomic mass is 10.2. The summed E-state index contributed by atoms with van der Waals surface area (Å²) in [6.07, 6.45) is -2.47. The number of aromatic nitrogens is 4. The Morgan fingerprint density at radius 1 is 1.19 bits per heavy atom. The maximum Gasteiger partial charge on any atom is 0.434 e. The summed E-state index contributed by atoms with van der Waals surface area (Å²) in [6, 6.07) is 3.12. The molecule has 3 aromatic rings. The molecule has 0 saturated carbocycles. The predicted molar refractivity (Wildman–Crippen MR) is 125 cm³/mol. The van der Waals surface area contributed by atoms with E-state index in [0.29, 0.717) is 35.7 Å². The van der Waals surface area contributed by atoms with Crippen molar-refractivity contribution in [2.75, 3.05) is 30.3 Å². The second kappa shape index (κ2) is 10.7. The minimum atomic E-state index is -4.60. The first-order valence-corrected chi connectivity index (χ1v) is 11.8. The molecule has 36 heavy (non-hydrogen) atoms. The third kappa shape index (κ3) is 6.05. The lowest BCUT2D eigenvalue weighted by molar-refractivity contribution is -0.141. The molecule has 0 aromatic carbocycles. The Morgan fingerprint density at radius 2 is 2.00 bits per heavy atom. The van der Waals surface area contributed by atoms with Crippen LogP contribution in [0, 0.1) is 6.92 Å². The summed E-state index contributed by atoms with van der Waals surface area (Å²) < 4.78 is 62.2. The van der Waals surface area contributed by atoms with E-state index >= 15 is 0 Å². The molecule has 1 aliphatic rings. The van der Waals surface area contributed by atoms with Gasteiger partial charge in [-0.2, -0.15) is 17.5 Å². The zero-order valence-electron chi connectivity index (χ0n) is 19.3. The van der Waals surface area contributed by atoms with Crippen LogP contribution in [0.3, 0.4) is 0 Å². The number of likely N-dealkylation sites (tertiary alicyclic amines) is 1. The van der Waals surface area contributed by atoms with Gasteiger partial charge in [-0.1, -0.05) is 6.92 Å². The summed E-state index contributed by atoms with van der Waals surface area (Å²) in [5.41, 5.74) is -0.141. The summed E-state index contributed by atoms with van der Waals surface area (Å²) in [5.74, 6) is -0.232. The zero-order valence-corrected chi connectivity index (χ0v) is 20.2. The lowest BCUT2D eigenvalue weighted by Gasteiger charge is -2.15. The number of hydrogen-bond donors (Lipinski definition) is 2. The van der Waals surface area contributed by atoms with Gasteiger partial charge < -0.3 is 15.4 Å². The molecule has 4 rings (SSSR count). The minimum absolute atomic E-state index is 0.0273. The molecule has 9 nitrogen and oxygen atoms in total. The largest absolute Gasteiger partial charge is 0.470 e. The average molecular weight is 526 g/mol. The maximum atomic E-state index is 14.2. The minimum Gasteiger partial charge on any atom is -0.470 e. The molecule has 0 unspecified atom stereocenters. The van der Waals surface area contributed by atoms with Gasteiger partial charge in [0, 0.05) is 19.2 Å². The van der Waals surface area contributed by atoms with E-state index in [1.165, 1.54) is 6.20 Å². The van der Waals surface area contributed by atoms with Crippen molar-refractivity contribution in [3.63, 3.8) is 0 Å². The number of carbonyl (C=O) groups is 1. The van der Waals surface area contributed by atoms with E-state index in [1.807, 2.05) is 11.8 Å². The van der Waals surface area contributed by atoms with Gasteiger partial charge in [-0.05, 0) is 37.5 Å². The van der Waals surface area contributed by atoms with Crippen LogP contribution in [0.1, 0.15) is 35.1 Å². The molecule has 1 fully saturated rings. The molecule has 1 aliphatic heterocycles. The van der Waals surface area contributed by atoms with Gasteiger partial charge in [-0.3, -0.25) is 9.69 Å². The molecular formula is C22H23F4N7O2S. The van der Waals surface area contributed by atoms with Crippen LogP contribution in [-0.4, -0.2) is 62.0 Å². The Balaban J connectivity index is 1.39. The van der Waals surface area contributed by atoms with E-state index in [-0.39, 0.29) is 17.3 Å². The number of carbonyl (C=O) groups excluding carboxylic acids is 1. The van der Waals surface area contributed by atoms with Crippen molar-refractivity contribution in [3.8, 4) is 5.88 Å². The molecule has 2 N–H and O–H groups in total. The molecule has 0 spiro atoms. The van der Waals surface area contributed by atoms with E-state index in [9.17, 15) is 22.4 Å². The number of nitrogens with zero attached hydrogens (tertiary/aromatic N) is 5. The number of halogens is 4. The molecule has 1 saturated heterocycles. The lowest BCUT2D eigenvalue weighted by Crippen LogP contribution is -2.28. The summed E-state index contributed by atoms with van der Waals surface area (Å²) in [5, 5.41) is 5.77. The number of nitrogens with one attached hydrogen (secondary N) is 2. The summed E-state index contributed by atoms with van der Waals surface area (Å²) in [4.78, 5) is 26.1. The van der Waals surface area contributed by atoms with Crippen molar-refractivity contribution in [3.05, 3.63) is 47.7 Å². The van der Waals surface area contributed by atoms with Gasteiger partial charge in [0.1, 0.15) is 16.9 Å². The highest BCUT2D eigenvalue weighted by atomic mass is 32.1. The average Bonchev–Trinajstić information content (AvgIpc) is 3.36. The van der Waals surface area contributed by atoms with Crippen molar-refractivity contribution in [2.45, 2.75) is 38.7 Å². The first-order chi connectivity index (χ1) is 17.1. The molecule has 0 bridgehead atoms. The molecular weight excluding hydrogens is 502 g/mol. The van der Waals surface area contributed by atoms with Crippen LogP contribution in [0.5, 0.6) is 5.88 Å². The number of rotatable bonds is 8. The Bertz CT molecular complexity index is 1190. The highest BCUT2D eigenvalue weighted by molar-refractivity contribution is 7.10. The highest BCUT2D eigenvalue weighted by Crippen LogP contribution is 2.30. The van der Waals surface area contributed by atoms with Crippen molar-refractivity contribution in [2.24, 2.45) is 0 Å². The van der Waals surface area contributed by atoms with Gasteiger partial charge in [-0.15, -0.1) is 0 Å². The first-order valence-electron chi connectivity index (χ1n) is 11.1. The van der Waals surface area contributed by atoms with E-state index in [4.69, 9.17) is 4.74 Å². The van der Waals surface area contributed by atoms with E-state index in [0.717, 1.165) is 30.7 Å². The van der Waals surface area contributed by atoms with E-state index < -0.39 is 30.1 Å². The highest BCUT2D eigenvalue weighted by Gasteiger charge is 2.34. The van der Waals surface area contributed by atoms with Crippen LogP contribution < -0.4 is 15.4 Å². The third-order valence-electron chi connectivity index (χ3n) is 5.35. The Hall–Kier alpha value is -3.39. The van der Waals surface area contributed by atoms with Gasteiger partial charge in [-0.25, -0.2) is 19.3 Å². The number of anilines is 3. The third-order valence-corrected chi connectivity index (χ3v) is 6.21. The van der Waals surface area contributed by atoms with E-state index in [2.05, 4.69) is 30.0 Å². The molecule has 4 heterocycles. The standard InChI is InChI=1S/C22H23F4N7O2S/c1-3-6-33-10-14(23)15(11-33)35-18-5-4-13(7-29-18)30-20(34)19-12(2)32-36-21(19)31-17-9-27-16(8-28-17)22(24,25)26/h4-5,7-9,14-15H,3,6,10-11H2,1-2H3,(H,28,31)(H,30,34)/t14-,15-/m1/s1. The van der Waals surface area contributed by atoms with Crippen molar-refractivity contribution < 1.29 is 27.1 Å². The van der Waals surface area contributed by atoms with Gasteiger partial charge >= 0.3 is 6.18 Å². The van der Waals surface area contributed by atoms with E-state index in [1.54, 1.807) is 19.1 Å². The quantitative estimate of drug-likeness (QED) is 0.416. The number of aryl methyl sites for hydroxylation is 1. The predicted octanol–water partition coefficient (Wildman–Crippen LogP) is 4.46. The zero-order chi connectivity index (χ0) is 25.9. The van der Waals surface area contributed by atoms with Crippen LogP contribution in [0.15, 0.2) is 30.7 Å². The second-order valence-electron chi connectivity index (χ2n) is 8.15. The van der Waals surface area contributed by atoms with Crippen LogP contribution in [-0.2, 0) is 6.18 Å². The van der Waals surface area contributed by atoms with Gasteiger partial charge in [0.15, 0.2) is 11.9 Å². The van der Waals surface area contributed by atoms with Crippen molar-refractivity contribution >= 4 is 33.9 Å². The summed E-state index contributed by atoms with van der Waals surface area (Å²) >= 11 is 0.956. The Labute approximate surface area is 208 Å². The summed E-state index contributed by atoms with van der Waals surface area (Å²) in [7, 11) is 0. The van der Waals surface area contributed by atoms with Crippen molar-refractivity contribution in [1.82, 2.24) is 24.2 Å². The van der Waals surface area contributed by atoms with Gasteiger partial charge in [0.25, 0.3) is 5.91 Å². The van der Waals surface area contributed by atoms with Crippen LogP contribution >= 0.6 is 11.5 Å². The maximum absolute atomic E-state index is 14.2. The normalized spacial score (nSPS) is 18.3. The molecule has 192 valence electrons. The molecule has 0 radical (unpaired) electrons. The topological polar surface area (TPSA) is 105 Å². The fourth-order valence-electron chi connectivity index (χ4n) is 3.67. The monoisotopic (exact) mass is 525 g/mol. The molecule has 3 aromatic heterocycles. The molecule has 0 aliphatic carbocycles. The smallest absolute Gasteiger partial charge is 0.434 e. The van der Waals surface area contributed by atoms with Gasteiger partial charge in [0.05, 0.1) is 35.5 Å². The Morgan fingerprint density at radius 3 is 2.64 bits per heavy atom. The fraction of sp³-hybridized carbons (Fsp3) is 0.409. The molecule has 14 heteroatoms. The molecule has 2 atom stereocenters. The Kier molecular flexibility index (Phi) is 7.64. The van der Waals surface area contributed by atoms with Crippen LogP contribution in [0.25, 0.3) is 0 Å². The number of pyridine rings is 1.